The highest BCUT2D eigenvalue weighted by molar-refractivity contribution is 6.21. The Morgan fingerprint density at radius 2 is 1.61 bits per heavy atom. The lowest BCUT2D eigenvalue weighted by Gasteiger charge is -2.27. The Balaban J connectivity index is 1.45. The predicted octanol–water partition coefficient (Wildman–Crippen LogP) is 1.87. The molecule has 0 aliphatic carbocycles. The van der Waals surface area contributed by atoms with Crippen molar-refractivity contribution >= 4 is 23.8 Å². The molecular weight excluding hydrogens is 400 g/mol. The van der Waals surface area contributed by atoms with E-state index in [1.165, 1.54) is 6.92 Å². The van der Waals surface area contributed by atoms with E-state index in [4.69, 9.17) is 4.74 Å². The summed E-state index contributed by atoms with van der Waals surface area (Å²) >= 11 is 0. The number of carbonyl (C=O) groups excluding carboxylic acids is 4. The van der Waals surface area contributed by atoms with E-state index < -0.39 is 41.9 Å². The van der Waals surface area contributed by atoms with Gasteiger partial charge in [0.25, 0.3) is 11.8 Å². The molecule has 2 aromatic carbocycles. The molecule has 0 bridgehead atoms. The summed E-state index contributed by atoms with van der Waals surface area (Å²) in [7, 11) is 0. The van der Waals surface area contributed by atoms with Crippen molar-refractivity contribution in [1.29, 1.82) is 0 Å². The maximum Gasteiger partial charge on any atom is 0.416 e. The summed E-state index contributed by atoms with van der Waals surface area (Å²) in [6, 6.07) is 15.3. The van der Waals surface area contributed by atoms with E-state index in [-0.39, 0.29) is 24.3 Å². The predicted molar refractivity (Wildman–Crippen MR) is 109 cm³/mol. The topological polar surface area (TPSA) is 104 Å². The Hall–Kier alpha value is -3.52. The van der Waals surface area contributed by atoms with Gasteiger partial charge in [-0.3, -0.25) is 19.3 Å². The molecule has 0 spiro atoms. The van der Waals surface area contributed by atoms with Crippen LogP contribution in [0, 0.1) is 5.92 Å². The second kappa shape index (κ2) is 8.31. The third-order valence-electron chi connectivity index (χ3n) is 5.73. The van der Waals surface area contributed by atoms with E-state index in [1.54, 1.807) is 24.3 Å². The molecule has 0 aromatic heterocycles. The molecule has 8 nitrogen and oxygen atoms in total. The molecule has 1 fully saturated rings. The molecule has 8 heteroatoms. The van der Waals surface area contributed by atoms with Crippen LogP contribution in [0.5, 0.6) is 0 Å². The van der Waals surface area contributed by atoms with Crippen molar-refractivity contribution in [2.45, 2.75) is 25.5 Å². The fourth-order valence-corrected chi connectivity index (χ4v) is 3.90. The average Bonchev–Trinajstić information content (AvgIpc) is 3.26. The van der Waals surface area contributed by atoms with Crippen LogP contribution < -0.4 is 0 Å². The standard InChI is InChI=1S/C23H22N2O6/c1-14(19(26)12-24-21(28)17-9-5-6-10-18(17)22(24)29)20(27)25-16(13-31-23(25)30)11-15-7-3-2-4-8-15/h2-10,14,16,19,26H,11-13H2,1H3/t14-,16+,19-/m0/s1. The van der Waals surface area contributed by atoms with Gasteiger partial charge in [0.1, 0.15) is 6.61 Å². The van der Waals surface area contributed by atoms with Crippen LogP contribution in [0.2, 0.25) is 0 Å². The second-order valence-corrected chi connectivity index (χ2v) is 7.75. The van der Waals surface area contributed by atoms with E-state index in [1.807, 2.05) is 30.3 Å². The highest BCUT2D eigenvalue weighted by atomic mass is 16.6. The Kier molecular flexibility index (Phi) is 5.56. The number of fused-ring (bicyclic) bond motifs is 1. The number of hydrogen-bond acceptors (Lipinski definition) is 6. The highest BCUT2D eigenvalue weighted by Crippen LogP contribution is 2.25. The maximum absolute atomic E-state index is 13.0. The van der Waals surface area contributed by atoms with Gasteiger partial charge in [0.15, 0.2) is 0 Å². The molecule has 0 saturated carbocycles. The van der Waals surface area contributed by atoms with E-state index in [0.717, 1.165) is 15.4 Å². The molecular formula is C23H22N2O6. The number of aliphatic hydroxyl groups excluding tert-OH is 1. The van der Waals surface area contributed by atoms with Crippen LogP contribution >= 0.6 is 0 Å². The quantitative estimate of drug-likeness (QED) is 0.713. The fraction of sp³-hybridized carbons (Fsp3) is 0.304. The smallest absolute Gasteiger partial charge is 0.416 e. The van der Waals surface area contributed by atoms with Crippen LogP contribution in [0.3, 0.4) is 0 Å². The van der Waals surface area contributed by atoms with Gasteiger partial charge in [0, 0.05) is 0 Å². The molecule has 160 valence electrons. The van der Waals surface area contributed by atoms with Gasteiger partial charge in [-0.05, 0) is 24.1 Å². The summed E-state index contributed by atoms with van der Waals surface area (Å²) in [6.45, 7) is 1.20. The minimum Gasteiger partial charge on any atom is -0.447 e. The summed E-state index contributed by atoms with van der Waals surface area (Å²) in [6.07, 6.45) is -1.66. The van der Waals surface area contributed by atoms with Gasteiger partial charge in [0.2, 0.25) is 5.91 Å². The summed E-state index contributed by atoms with van der Waals surface area (Å²) < 4.78 is 5.08. The number of benzene rings is 2. The van der Waals surface area contributed by atoms with Crippen molar-refractivity contribution < 1.29 is 29.0 Å². The monoisotopic (exact) mass is 422 g/mol. The van der Waals surface area contributed by atoms with Crippen LogP contribution in [0.1, 0.15) is 33.2 Å². The van der Waals surface area contributed by atoms with Crippen LogP contribution in [0.4, 0.5) is 4.79 Å². The number of amides is 4. The minimum atomic E-state index is -1.33. The molecule has 2 heterocycles. The van der Waals surface area contributed by atoms with Crippen molar-refractivity contribution in [2.75, 3.05) is 13.2 Å². The van der Waals surface area contributed by atoms with Gasteiger partial charge in [-0.25, -0.2) is 9.69 Å². The molecule has 1 saturated heterocycles. The molecule has 1 N–H and O–H groups in total. The first-order chi connectivity index (χ1) is 14.9. The van der Waals surface area contributed by atoms with Crippen molar-refractivity contribution in [3.8, 4) is 0 Å². The number of cyclic esters (lactones) is 1. The first-order valence-electron chi connectivity index (χ1n) is 10.1. The van der Waals surface area contributed by atoms with Gasteiger partial charge in [-0.15, -0.1) is 0 Å². The Bertz CT molecular complexity index is 1000. The number of ether oxygens (including phenoxy) is 1. The van der Waals surface area contributed by atoms with Gasteiger partial charge < -0.3 is 9.84 Å². The van der Waals surface area contributed by atoms with Gasteiger partial charge in [-0.2, -0.15) is 0 Å². The van der Waals surface area contributed by atoms with Crippen LogP contribution in [0.15, 0.2) is 54.6 Å². The SMILES string of the molecule is C[C@H](C(=O)N1C(=O)OC[C@H]1Cc1ccccc1)[C@@H](O)CN1C(=O)c2ccccc2C1=O. The number of carbonyl (C=O) groups is 4. The van der Waals surface area contributed by atoms with Crippen LogP contribution in [0.25, 0.3) is 0 Å². The van der Waals surface area contributed by atoms with Crippen molar-refractivity contribution in [3.63, 3.8) is 0 Å². The second-order valence-electron chi connectivity index (χ2n) is 7.75. The van der Waals surface area contributed by atoms with E-state index >= 15 is 0 Å². The average molecular weight is 422 g/mol. The largest absolute Gasteiger partial charge is 0.447 e. The Labute approximate surface area is 179 Å². The summed E-state index contributed by atoms with van der Waals surface area (Å²) in [5, 5.41) is 10.6. The van der Waals surface area contributed by atoms with Crippen molar-refractivity contribution in [2.24, 2.45) is 5.92 Å². The minimum absolute atomic E-state index is 0.0701. The summed E-state index contributed by atoms with van der Waals surface area (Å²) in [5.74, 6) is -2.65. The first-order valence-corrected chi connectivity index (χ1v) is 10.1. The number of imide groups is 2. The molecule has 0 radical (unpaired) electrons. The Morgan fingerprint density at radius 1 is 1.03 bits per heavy atom. The van der Waals surface area contributed by atoms with Crippen LogP contribution in [-0.2, 0) is 16.0 Å². The lowest BCUT2D eigenvalue weighted by atomic mass is 10.00. The van der Waals surface area contributed by atoms with E-state index in [2.05, 4.69) is 0 Å². The zero-order valence-electron chi connectivity index (χ0n) is 16.9. The van der Waals surface area contributed by atoms with Gasteiger partial charge in [-0.1, -0.05) is 49.4 Å². The van der Waals surface area contributed by atoms with Crippen molar-refractivity contribution in [3.05, 3.63) is 71.3 Å². The van der Waals surface area contributed by atoms with Gasteiger partial charge >= 0.3 is 6.09 Å². The normalized spacial score (nSPS) is 19.9. The fourth-order valence-electron chi connectivity index (χ4n) is 3.90. The molecule has 0 unspecified atom stereocenters. The van der Waals surface area contributed by atoms with Crippen molar-refractivity contribution in [1.82, 2.24) is 9.80 Å². The number of rotatable bonds is 6. The summed E-state index contributed by atoms with van der Waals surface area (Å²) in [4.78, 5) is 52.3. The third-order valence-corrected chi connectivity index (χ3v) is 5.73. The van der Waals surface area contributed by atoms with Crippen LogP contribution in [-0.4, -0.2) is 64.0 Å². The molecule has 3 atom stereocenters. The summed E-state index contributed by atoms with van der Waals surface area (Å²) in [5.41, 5.74) is 1.48. The first kappa shape index (κ1) is 20.7. The molecule has 4 rings (SSSR count). The molecule has 2 aromatic rings. The maximum atomic E-state index is 13.0. The van der Waals surface area contributed by atoms with E-state index in [9.17, 15) is 24.3 Å². The Morgan fingerprint density at radius 3 is 2.23 bits per heavy atom. The zero-order valence-corrected chi connectivity index (χ0v) is 16.9. The lowest BCUT2D eigenvalue weighted by Crippen LogP contribution is -2.48. The lowest BCUT2D eigenvalue weighted by molar-refractivity contribution is -0.136. The van der Waals surface area contributed by atoms with E-state index in [0.29, 0.717) is 6.42 Å². The molecule has 2 aliphatic heterocycles. The number of aliphatic hydroxyl groups is 1. The number of β-amino-alcohol motifs (C(OH)–C–C–N with tert-alkyl or cyclic N) is 1. The number of nitrogens with zero attached hydrogens (tertiary/aromatic N) is 2. The molecule has 31 heavy (non-hydrogen) atoms. The molecule has 4 amide bonds. The third kappa shape index (κ3) is 3.82. The number of hydrogen-bond donors (Lipinski definition) is 1. The zero-order chi connectivity index (χ0) is 22.1. The van der Waals surface area contributed by atoms with Gasteiger partial charge in [0.05, 0.1) is 35.7 Å². The highest BCUT2D eigenvalue weighted by Gasteiger charge is 2.43. The molecule has 2 aliphatic rings.